The van der Waals surface area contributed by atoms with Crippen LogP contribution in [0.1, 0.15) is 38.0 Å². The van der Waals surface area contributed by atoms with E-state index in [2.05, 4.69) is 5.32 Å². The first kappa shape index (κ1) is 17.4. The van der Waals surface area contributed by atoms with Crippen LogP contribution in [0.15, 0.2) is 48.5 Å². The predicted molar refractivity (Wildman–Crippen MR) is 103 cm³/mol. The molecule has 2 aromatic carbocycles. The number of aryl methyl sites for hydroxylation is 1. The van der Waals surface area contributed by atoms with Gasteiger partial charge in [-0.05, 0) is 24.1 Å². The molecule has 2 heterocycles. The normalized spacial score (nSPS) is 15.9. The van der Waals surface area contributed by atoms with Gasteiger partial charge in [-0.1, -0.05) is 48.0 Å². The van der Waals surface area contributed by atoms with Gasteiger partial charge < -0.3 is 10.4 Å². The third kappa shape index (κ3) is 3.02. The summed E-state index contributed by atoms with van der Waals surface area (Å²) in [5, 5.41) is 12.6. The van der Waals surface area contributed by atoms with Crippen LogP contribution in [0.4, 0.5) is 10.1 Å². The number of anilines is 1. The van der Waals surface area contributed by atoms with Crippen LogP contribution in [0, 0.1) is 12.7 Å². The minimum Gasteiger partial charge on any atom is -0.477 e. The summed E-state index contributed by atoms with van der Waals surface area (Å²) in [6.45, 7) is 1.95. The van der Waals surface area contributed by atoms with Gasteiger partial charge >= 0.3 is 5.97 Å². The summed E-state index contributed by atoms with van der Waals surface area (Å²) in [5.41, 5.74) is 3.13. The van der Waals surface area contributed by atoms with Crippen molar-refractivity contribution in [2.24, 2.45) is 0 Å². The Morgan fingerprint density at radius 1 is 1.19 bits per heavy atom. The zero-order chi connectivity index (χ0) is 19.1. The number of hydrogen-bond acceptors (Lipinski definition) is 3. The van der Waals surface area contributed by atoms with Crippen LogP contribution in [-0.2, 0) is 4.79 Å². The lowest BCUT2D eigenvalue weighted by Gasteiger charge is -2.24. The second kappa shape index (κ2) is 6.63. The second-order valence-electron chi connectivity index (χ2n) is 6.54. The van der Waals surface area contributed by atoms with Gasteiger partial charge in [0, 0.05) is 22.8 Å². The van der Waals surface area contributed by atoms with E-state index in [4.69, 9.17) is 0 Å². The summed E-state index contributed by atoms with van der Waals surface area (Å²) in [6.07, 6.45) is 0.0842. The average Bonchev–Trinajstić information content (AvgIpc) is 3.02. The number of benzene rings is 2. The summed E-state index contributed by atoms with van der Waals surface area (Å²) < 4.78 is 14.4. The summed E-state index contributed by atoms with van der Waals surface area (Å²) in [6, 6.07) is 13.8. The summed E-state index contributed by atoms with van der Waals surface area (Å²) in [5.74, 6) is -2.21. The summed E-state index contributed by atoms with van der Waals surface area (Å²) in [7, 11) is 0. The highest BCUT2D eigenvalue weighted by molar-refractivity contribution is 7.15. The SMILES string of the molecule is Cc1ccc(-c2c(C(=O)O)sc3c2NC(=O)CC3c2ccccc2F)cc1. The number of nitrogens with one attached hydrogen (secondary N) is 1. The smallest absolute Gasteiger partial charge is 0.346 e. The lowest BCUT2D eigenvalue weighted by molar-refractivity contribution is -0.116. The Labute approximate surface area is 159 Å². The van der Waals surface area contributed by atoms with Crippen LogP contribution in [0.5, 0.6) is 0 Å². The molecule has 1 aliphatic heterocycles. The Hall–Kier alpha value is -2.99. The number of carboxylic acid groups (broad SMARTS) is 1. The highest BCUT2D eigenvalue weighted by atomic mass is 32.1. The lowest BCUT2D eigenvalue weighted by atomic mass is 9.88. The fourth-order valence-corrected chi connectivity index (χ4v) is 4.68. The van der Waals surface area contributed by atoms with E-state index < -0.39 is 17.7 Å². The van der Waals surface area contributed by atoms with Gasteiger partial charge in [0.25, 0.3) is 0 Å². The molecule has 3 aromatic rings. The zero-order valence-electron chi connectivity index (χ0n) is 14.5. The Morgan fingerprint density at radius 2 is 1.89 bits per heavy atom. The molecule has 1 unspecified atom stereocenters. The summed E-state index contributed by atoms with van der Waals surface area (Å²) >= 11 is 1.10. The maximum atomic E-state index is 14.4. The van der Waals surface area contributed by atoms with Crippen LogP contribution in [0.2, 0.25) is 0 Å². The topological polar surface area (TPSA) is 66.4 Å². The monoisotopic (exact) mass is 381 g/mol. The number of amides is 1. The largest absolute Gasteiger partial charge is 0.477 e. The molecule has 2 N–H and O–H groups in total. The Morgan fingerprint density at radius 3 is 2.56 bits per heavy atom. The Balaban J connectivity index is 1.95. The molecule has 0 spiro atoms. The number of hydrogen-bond donors (Lipinski definition) is 2. The van der Waals surface area contributed by atoms with E-state index in [-0.39, 0.29) is 17.2 Å². The number of carboxylic acids is 1. The van der Waals surface area contributed by atoms with E-state index in [1.54, 1.807) is 18.2 Å². The van der Waals surface area contributed by atoms with Crippen molar-refractivity contribution in [3.8, 4) is 11.1 Å². The average molecular weight is 381 g/mol. The second-order valence-corrected chi connectivity index (χ2v) is 7.60. The molecule has 4 nitrogen and oxygen atoms in total. The maximum Gasteiger partial charge on any atom is 0.346 e. The van der Waals surface area contributed by atoms with Crippen LogP contribution in [0.3, 0.4) is 0 Å². The number of fused-ring (bicyclic) bond motifs is 1. The first-order chi connectivity index (χ1) is 13.0. The van der Waals surface area contributed by atoms with Gasteiger partial charge in [0.1, 0.15) is 10.7 Å². The summed E-state index contributed by atoms with van der Waals surface area (Å²) in [4.78, 5) is 25.1. The standard InChI is InChI=1S/C21H16FNO3S/c1-11-6-8-12(9-7-11)17-18-19(27-20(17)21(25)26)14(10-16(24)23-18)13-4-2-3-5-15(13)22/h2-9,14H,10H2,1H3,(H,23,24)(H,25,26). The zero-order valence-corrected chi connectivity index (χ0v) is 15.3. The number of aromatic carboxylic acids is 1. The molecule has 136 valence electrons. The first-order valence-corrected chi connectivity index (χ1v) is 9.28. The molecule has 0 radical (unpaired) electrons. The molecule has 1 atom stereocenters. The van der Waals surface area contributed by atoms with E-state index >= 15 is 0 Å². The van der Waals surface area contributed by atoms with E-state index in [1.165, 1.54) is 6.07 Å². The number of thiophene rings is 1. The van der Waals surface area contributed by atoms with Gasteiger partial charge in [-0.15, -0.1) is 11.3 Å². The van der Waals surface area contributed by atoms with Crippen molar-refractivity contribution in [3.05, 3.63) is 75.2 Å². The molecular weight excluding hydrogens is 365 g/mol. The highest BCUT2D eigenvalue weighted by Gasteiger charge is 2.35. The fourth-order valence-electron chi connectivity index (χ4n) is 3.44. The minimum atomic E-state index is -1.06. The number of carbonyl (C=O) groups excluding carboxylic acids is 1. The fraction of sp³-hybridized carbons (Fsp3) is 0.143. The van der Waals surface area contributed by atoms with Gasteiger partial charge in [0.05, 0.1) is 5.69 Å². The van der Waals surface area contributed by atoms with Gasteiger partial charge in [-0.3, -0.25) is 4.79 Å². The molecule has 0 saturated carbocycles. The number of carbonyl (C=O) groups is 2. The number of rotatable bonds is 3. The Kier molecular flexibility index (Phi) is 4.28. The van der Waals surface area contributed by atoms with Crippen molar-refractivity contribution in [3.63, 3.8) is 0 Å². The minimum absolute atomic E-state index is 0.0842. The molecule has 6 heteroatoms. The van der Waals surface area contributed by atoms with Crippen molar-refractivity contribution in [2.75, 3.05) is 5.32 Å². The maximum absolute atomic E-state index is 14.4. The Bertz CT molecular complexity index is 1060. The van der Waals surface area contributed by atoms with Gasteiger partial charge in [-0.2, -0.15) is 0 Å². The molecule has 0 bridgehead atoms. The van der Waals surface area contributed by atoms with Gasteiger partial charge in [0.15, 0.2) is 0 Å². The van der Waals surface area contributed by atoms with Crippen molar-refractivity contribution in [1.29, 1.82) is 0 Å². The van der Waals surface area contributed by atoms with E-state index in [0.29, 0.717) is 27.3 Å². The molecule has 1 aliphatic rings. The quantitative estimate of drug-likeness (QED) is 0.668. The van der Waals surface area contributed by atoms with Crippen LogP contribution in [0.25, 0.3) is 11.1 Å². The number of halogens is 1. The molecule has 27 heavy (non-hydrogen) atoms. The lowest BCUT2D eigenvalue weighted by Crippen LogP contribution is -2.23. The molecule has 0 aliphatic carbocycles. The van der Waals surface area contributed by atoms with Crippen molar-refractivity contribution < 1.29 is 19.1 Å². The molecule has 1 aromatic heterocycles. The molecule has 0 saturated heterocycles. The third-order valence-electron chi connectivity index (χ3n) is 4.72. The van der Waals surface area contributed by atoms with Gasteiger partial charge in [-0.25, -0.2) is 9.18 Å². The van der Waals surface area contributed by atoms with Crippen LogP contribution >= 0.6 is 11.3 Å². The predicted octanol–water partition coefficient (Wildman–Crippen LogP) is 5.03. The van der Waals surface area contributed by atoms with Crippen molar-refractivity contribution >= 4 is 28.9 Å². The van der Waals surface area contributed by atoms with Crippen molar-refractivity contribution in [1.82, 2.24) is 0 Å². The molecule has 0 fully saturated rings. The van der Waals surface area contributed by atoms with E-state index in [1.807, 2.05) is 31.2 Å². The van der Waals surface area contributed by atoms with Crippen LogP contribution < -0.4 is 5.32 Å². The first-order valence-electron chi connectivity index (χ1n) is 8.47. The highest BCUT2D eigenvalue weighted by Crippen LogP contribution is 2.49. The van der Waals surface area contributed by atoms with E-state index in [0.717, 1.165) is 16.9 Å². The molecular formula is C21H16FNO3S. The third-order valence-corrected chi connectivity index (χ3v) is 6.01. The van der Waals surface area contributed by atoms with Crippen molar-refractivity contribution in [2.45, 2.75) is 19.3 Å². The molecule has 4 rings (SSSR count). The van der Waals surface area contributed by atoms with E-state index in [9.17, 15) is 19.1 Å². The van der Waals surface area contributed by atoms with Crippen LogP contribution in [-0.4, -0.2) is 17.0 Å². The van der Waals surface area contributed by atoms with Gasteiger partial charge in [0.2, 0.25) is 5.91 Å². The molecule has 1 amide bonds.